The van der Waals surface area contributed by atoms with E-state index < -0.39 is 40.0 Å². The molecular weight excluding hydrogens is 705 g/mol. The van der Waals surface area contributed by atoms with Gasteiger partial charge in [-0.3, -0.25) is 9.52 Å². The van der Waals surface area contributed by atoms with E-state index in [2.05, 4.69) is 39.2 Å². The Kier molecular flexibility index (Phi) is 10.7. The van der Waals surface area contributed by atoms with Crippen molar-refractivity contribution in [3.05, 3.63) is 70.3 Å². The first kappa shape index (κ1) is 37.5. The minimum Gasteiger partial charge on any atom is -0.490 e. The second kappa shape index (κ2) is 14.6. The highest BCUT2D eigenvalue weighted by Crippen LogP contribution is 2.46. The molecule has 1 fully saturated rings. The Morgan fingerprint density at radius 1 is 1.18 bits per heavy atom. The second-order valence-corrected chi connectivity index (χ2v) is 17.3. The fourth-order valence-electron chi connectivity index (χ4n) is 7.80. The molecular formula is C37H46ClF3N4O5S. The van der Waals surface area contributed by atoms with Crippen molar-refractivity contribution in [3.8, 4) is 5.75 Å². The molecule has 0 aromatic heterocycles. The Morgan fingerprint density at radius 2 is 1.96 bits per heavy atom. The molecule has 2 aromatic carbocycles. The number of rotatable bonds is 3. The summed E-state index contributed by atoms with van der Waals surface area (Å²) in [6, 6.07) is 8.86. The van der Waals surface area contributed by atoms with Crippen LogP contribution in [0.4, 0.5) is 23.7 Å². The number of methoxy groups -OCH3 is 1. The maximum atomic E-state index is 14.3. The number of fused-ring (bicyclic) bond motifs is 3. The number of nitrogens with one attached hydrogen (secondary N) is 2. The Hall–Kier alpha value is -3.29. The molecule has 14 heteroatoms. The maximum Gasteiger partial charge on any atom is 0.393 e. The summed E-state index contributed by atoms with van der Waals surface area (Å²) in [5.74, 6) is -2.14. The molecule has 2 bridgehead atoms. The highest BCUT2D eigenvalue weighted by molar-refractivity contribution is 7.92. The van der Waals surface area contributed by atoms with Crippen molar-refractivity contribution in [2.45, 2.75) is 76.6 Å². The monoisotopic (exact) mass is 750 g/mol. The zero-order valence-corrected chi connectivity index (χ0v) is 30.9. The zero-order valence-electron chi connectivity index (χ0n) is 29.3. The topological polar surface area (TPSA) is 109 Å². The second-order valence-electron chi connectivity index (χ2n) is 14.9. The molecule has 2 aliphatic heterocycles. The van der Waals surface area contributed by atoms with Crippen LogP contribution in [0.2, 0.25) is 5.02 Å². The van der Waals surface area contributed by atoms with Gasteiger partial charge in [-0.25, -0.2) is 9.00 Å². The molecule has 9 nitrogen and oxygen atoms in total. The quantitative estimate of drug-likeness (QED) is 0.315. The van der Waals surface area contributed by atoms with Gasteiger partial charge in [0.25, 0.3) is 5.91 Å². The summed E-state index contributed by atoms with van der Waals surface area (Å²) in [5.41, 5.74) is 2.91. The first-order valence-electron chi connectivity index (χ1n) is 17.5. The minimum atomic E-state index is -4.45. The number of anilines is 1. The van der Waals surface area contributed by atoms with Gasteiger partial charge in [0.15, 0.2) is 0 Å². The summed E-state index contributed by atoms with van der Waals surface area (Å²) in [6.07, 6.45) is 2.23. The third-order valence-corrected chi connectivity index (χ3v) is 13.1. The Morgan fingerprint density at radius 3 is 2.69 bits per heavy atom. The smallest absolute Gasteiger partial charge is 0.393 e. The predicted molar refractivity (Wildman–Crippen MR) is 192 cm³/mol. The van der Waals surface area contributed by atoms with E-state index in [0.29, 0.717) is 42.6 Å². The fraction of sp³-hybridized carbons (Fsp3) is 0.568. The Balaban J connectivity index is 1.39. The van der Waals surface area contributed by atoms with Gasteiger partial charge in [0.05, 0.1) is 30.1 Å². The lowest BCUT2D eigenvalue weighted by atomic mass is 9.70. The first-order chi connectivity index (χ1) is 24.1. The highest BCUT2D eigenvalue weighted by atomic mass is 35.5. The molecule has 1 unspecified atom stereocenters. The van der Waals surface area contributed by atoms with Gasteiger partial charge in [0, 0.05) is 42.2 Å². The number of carbonyl (C=O) groups excluding carboxylic acids is 2. The SMILES string of the molecule is CO[C@H]1/C=C\C[C@H](C)CS(=O)(NC(=O)N[C@H]2C[C@@H]2C(F)(F)F)=NC(=O)c2ccc3c(c2)N(C[C@H](C)[C@H]1C)C[C@@]1(CCCc2cc(Cl)ccc21)CO3. The number of hydrogen-bond acceptors (Lipinski definition) is 6. The summed E-state index contributed by atoms with van der Waals surface area (Å²) >= 11 is 6.41. The van der Waals surface area contributed by atoms with Crippen molar-refractivity contribution >= 4 is 39.1 Å². The number of aryl methyl sites for hydroxylation is 1. The van der Waals surface area contributed by atoms with Crippen LogP contribution in [0.1, 0.15) is 67.9 Å². The van der Waals surface area contributed by atoms with Gasteiger partial charge >= 0.3 is 12.2 Å². The van der Waals surface area contributed by atoms with Crippen LogP contribution in [0, 0.1) is 23.7 Å². The fourth-order valence-corrected chi connectivity index (χ4v) is 9.83. The number of benzene rings is 2. The van der Waals surface area contributed by atoms with Gasteiger partial charge < -0.3 is 19.7 Å². The summed E-state index contributed by atoms with van der Waals surface area (Å²) in [5, 5.41) is 2.95. The molecule has 2 aromatic rings. The molecule has 0 radical (unpaired) electrons. The van der Waals surface area contributed by atoms with Gasteiger partial charge in [-0.15, -0.1) is 4.36 Å². The van der Waals surface area contributed by atoms with Crippen molar-refractivity contribution < 1.29 is 36.4 Å². The van der Waals surface area contributed by atoms with E-state index in [0.717, 1.165) is 19.3 Å². The van der Waals surface area contributed by atoms with E-state index in [1.807, 2.05) is 31.2 Å². The summed E-state index contributed by atoms with van der Waals surface area (Å²) in [7, 11) is -2.09. The molecule has 51 heavy (non-hydrogen) atoms. The molecule has 278 valence electrons. The summed E-state index contributed by atoms with van der Waals surface area (Å²) in [4.78, 5) is 29.0. The average molecular weight is 751 g/mol. The highest BCUT2D eigenvalue weighted by Gasteiger charge is 2.56. The van der Waals surface area contributed by atoms with Crippen LogP contribution in [0.3, 0.4) is 0 Å². The number of alkyl halides is 3. The molecule has 2 aliphatic carbocycles. The lowest BCUT2D eigenvalue weighted by molar-refractivity contribution is -0.148. The van der Waals surface area contributed by atoms with Crippen LogP contribution in [-0.2, 0) is 26.5 Å². The van der Waals surface area contributed by atoms with Gasteiger partial charge in [0.2, 0.25) is 0 Å². The summed E-state index contributed by atoms with van der Waals surface area (Å²) in [6.45, 7) is 7.82. The Bertz CT molecular complexity index is 1810. The largest absolute Gasteiger partial charge is 0.490 e. The number of halogens is 4. The van der Waals surface area contributed by atoms with Crippen LogP contribution in [-0.4, -0.2) is 67.0 Å². The molecule has 2 N–H and O–H groups in total. The molecule has 2 heterocycles. The number of allylic oxidation sites excluding steroid dienone is 1. The number of nitrogens with zero attached hydrogens (tertiary/aromatic N) is 2. The third-order valence-electron chi connectivity index (χ3n) is 10.9. The molecule has 3 amide bonds. The van der Waals surface area contributed by atoms with E-state index in [4.69, 9.17) is 21.1 Å². The Labute approximate surface area is 303 Å². The van der Waals surface area contributed by atoms with Crippen LogP contribution >= 0.6 is 11.6 Å². The van der Waals surface area contributed by atoms with Crippen LogP contribution in [0.5, 0.6) is 5.75 Å². The first-order valence-corrected chi connectivity index (χ1v) is 19.6. The lowest BCUT2D eigenvalue weighted by Crippen LogP contribution is -2.47. The molecule has 4 aliphatic rings. The van der Waals surface area contributed by atoms with Crippen molar-refractivity contribution in [2.24, 2.45) is 28.0 Å². The molecule has 1 saturated carbocycles. The van der Waals surface area contributed by atoms with E-state index in [9.17, 15) is 27.0 Å². The third kappa shape index (κ3) is 8.36. The normalized spacial score (nSPS) is 33.3. The van der Waals surface area contributed by atoms with Gasteiger partial charge in [0.1, 0.15) is 15.7 Å². The van der Waals surface area contributed by atoms with Gasteiger partial charge in [-0.2, -0.15) is 13.2 Å². The molecule has 1 spiro atoms. The number of amides is 3. The van der Waals surface area contributed by atoms with Crippen LogP contribution in [0.15, 0.2) is 52.9 Å². The van der Waals surface area contributed by atoms with Gasteiger partial charge in [-0.05, 0) is 91.3 Å². The van der Waals surface area contributed by atoms with Crippen molar-refractivity contribution in [1.29, 1.82) is 0 Å². The number of urea groups is 1. The molecule has 6 rings (SSSR count). The molecule has 0 saturated heterocycles. The number of hydrogen-bond donors (Lipinski definition) is 2. The summed E-state index contributed by atoms with van der Waals surface area (Å²) < 4.78 is 72.5. The van der Waals surface area contributed by atoms with Crippen LogP contribution in [0.25, 0.3) is 0 Å². The predicted octanol–water partition coefficient (Wildman–Crippen LogP) is 7.47. The standard InChI is InChI=1S/C37H46ClF3N4O5S/c1-22-7-5-9-32(49-4)24(3)23(2)18-45-20-36(14-6-8-25-15-27(38)11-12-28(25)36)21-50-33-13-10-26(16-31(33)45)34(46)43-51(48,19-22)44-35(47)42-30-17-29(30)37(39,40)41/h5,9-13,15-16,22-24,29-30,32H,6-8,14,17-21H2,1-4H3,(H2,42,43,44,46,47,48)/b9-5-/t22-,23-,24+,29-,30-,32-,36-,51?/m0/s1. The van der Waals surface area contributed by atoms with E-state index in [-0.39, 0.29) is 47.0 Å². The molecule has 8 atom stereocenters. The van der Waals surface area contributed by atoms with E-state index >= 15 is 0 Å². The minimum absolute atomic E-state index is 0.0906. The average Bonchev–Trinajstić information content (AvgIpc) is 3.85. The number of ether oxygens (including phenoxy) is 2. The van der Waals surface area contributed by atoms with Gasteiger partial charge in [-0.1, -0.05) is 50.6 Å². The lowest BCUT2D eigenvalue weighted by Gasteiger charge is -2.42. The zero-order chi connectivity index (χ0) is 36.7. The van der Waals surface area contributed by atoms with Crippen LogP contribution < -0.4 is 19.7 Å². The van der Waals surface area contributed by atoms with Crippen molar-refractivity contribution in [3.63, 3.8) is 0 Å². The van der Waals surface area contributed by atoms with E-state index in [1.165, 1.54) is 11.1 Å². The van der Waals surface area contributed by atoms with Crippen molar-refractivity contribution in [2.75, 3.05) is 37.5 Å². The maximum absolute atomic E-state index is 14.3. The van der Waals surface area contributed by atoms with E-state index in [1.54, 1.807) is 25.3 Å². The van der Waals surface area contributed by atoms with Crippen molar-refractivity contribution in [1.82, 2.24) is 10.0 Å². The number of carbonyl (C=O) groups is 2.